The number of carbonyl (C=O) groups is 2. The third-order valence-corrected chi connectivity index (χ3v) is 3.53. The van der Waals surface area contributed by atoms with Crippen molar-refractivity contribution in [2.45, 2.75) is 6.42 Å². The molecule has 0 aliphatic carbocycles. The molecule has 126 valence electrons. The van der Waals surface area contributed by atoms with E-state index in [2.05, 4.69) is 20.7 Å². The topological polar surface area (TPSA) is 110 Å². The number of carbonyl (C=O) groups excluding carboxylic acids is 1. The van der Waals surface area contributed by atoms with Crippen LogP contribution in [-0.4, -0.2) is 37.2 Å². The molecule has 0 aliphatic heterocycles. The predicted octanol–water partition coefficient (Wildman–Crippen LogP) is 1.76. The number of tetrazole rings is 1. The summed E-state index contributed by atoms with van der Waals surface area (Å²) in [6.07, 6.45) is -0.0179. The van der Waals surface area contributed by atoms with Crippen LogP contribution in [0.3, 0.4) is 0 Å². The summed E-state index contributed by atoms with van der Waals surface area (Å²) in [5.74, 6) is -0.848. The minimum Gasteiger partial charge on any atom is -0.478 e. The molecule has 0 bridgehead atoms. The Kier molecular flexibility index (Phi) is 4.51. The summed E-state index contributed by atoms with van der Waals surface area (Å²) in [7, 11) is 1.68. The second-order valence-corrected chi connectivity index (χ2v) is 5.37. The van der Waals surface area contributed by atoms with E-state index >= 15 is 0 Å². The number of hydrogen-bond donors (Lipinski definition) is 2. The van der Waals surface area contributed by atoms with Gasteiger partial charge in [-0.1, -0.05) is 18.2 Å². The third-order valence-electron chi connectivity index (χ3n) is 3.53. The number of benzene rings is 2. The van der Waals surface area contributed by atoms with Crippen molar-refractivity contribution in [2.24, 2.45) is 7.05 Å². The highest BCUT2D eigenvalue weighted by Gasteiger charge is 2.13. The summed E-state index contributed by atoms with van der Waals surface area (Å²) in [5.41, 5.74) is 1.97. The SMILES string of the molecule is Cn1nnc(-c2ccc(NC(=O)Cc3ccccc3C(=O)O)cc2)n1. The van der Waals surface area contributed by atoms with E-state index in [1.54, 1.807) is 49.5 Å². The van der Waals surface area contributed by atoms with Gasteiger partial charge >= 0.3 is 5.97 Å². The number of rotatable bonds is 5. The van der Waals surface area contributed by atoms with Crippen molar-refractivity contribution < 1.29 is 14.7 Å². The van der Waals surface area contributed by atoms with Gasteiger partial charge in [-0.15, -0.1) is 10.2 Å². The number of nitrogens with one attached hydrogen (secondary N) is 1. The summed E-state index contributed by atoms with van der Waals surface area (Å²) in [4.78, 5) is 24.7. The first-order valence-corrected chi connectivity index (χ1v) is 7.48. The molecule has 25 heavy (non-hydrogen) atoms. The van der Waals surface area contributed by atoms with Crippen molar-refractivity contribution in [1.29, 1.82) is 0 Å². The number of carboxylic acids is 1. The highest BCUT2D eigenvalue weighted by molar-refractivity contribution is 5.96. The number of anilines is 1. The van der Waals surface area contributed by atoms with Crippen molar-refractivity contribution in [1.82, 2.24) is 20.2 Å². The van der Waals surface area contributed by atoms with Crippen LogP contribution in [0.5, 0.6) is 0 Å². The first-order valence-electron chi connectivity index (χ1n) is 7.48. The lowest BCUT2D eigenvalue weighted by Gasteiger charge is -2.08. The number of hydrogen-bond acceptors (Lipinski definition) is 5. The van der Waals surface area contributed by atoms with E-state index in [-0.39, 0.29) is 17.9 Å². The van der Waals surface area contributed by atoms with Crippen LogP contribution < -0.4 is 5.32 Å². The summed E-state index contributed by atoms with van der Waals surface area (Å²) in [6, 6.07) is 13.5. The van der Waals surface area contributed by atoms with Gasteiger partial charge in [-0.2, -0.15) is 4.80 Å². The highest BCUT2D eigenvalue weighted by Crippen LogP contribution is 2.17. The van der Waals surface area contributed by atoms with Crippen LogP contribution in [-0.2, 0) is 18.3 Å². The van der Waals surface area contributed by atoms with E-state index in [9.17, 15) is 9.59 Å². The van der Waals surface area contributed by atoms with Gasteiger partial charge in [0, 0.05) is 11.3 Å². The number of nitrogens with zero attached hydrogens (tertiary/aromatic N) is 4. The van der Waals surface area contributed by atoms with E-state index in [1.165, 1.54) is 10.9 Å². The van der Waals surface area contributed by atoms with Gasteiger partial charge in [-0.3, -0.25) is 4.79 Å². The van der Waals surface area contributed by atoms with Gasteiger partial charge in [0.05, 0.1) is 19.0 Å². The van der Waals surface area contributed by atoms with Crippen LogP contribution >= 0.6 is 0 Å². The molecular formula is C17H15N5O3. The predicted molar refractivity (Wildman–Crippen MR) is 90.0 cm³/mol. The second-order valence-electron chi connectivity index (χ2n) is 5.37. The molecule has 8 nitrogen and oxygen atoms in total. The minimum absolute atomic E-state index is 0.0179. The zero-order chi connectivity index (χ0) is 17.8. The lowest BCUT2D eigenvalue weighted by Crippen LogP contribution is -2.16. The van der Waals surface area contributed by atoms with Gasteiger partial charge in [0.1, 0.15) is 0 Å². The first-order chi connectivity index (χ1) is 12.0. The Morgan fingerprint density at radius 1 is 1.12 bits per heavy atom. The maximum absolute atomic E-state index is 12.2. The molecule has 1 aromatic heterocycles. The van der Waals surface area contributed by atoms with Crippen LogP contribution in [0.4, 0.5) is 5.69 Å². The Balaban J connectivity index is 1.68. The molecule has 0 fully saturated rings. The fourth-order valence-corrected chi connectivity index (χ4v) is 2.36. The normalized spacial score (nSPS) is 10.4. The van der Waals surface area contributed by atoms with Gasteiger partial charge in [0.2, 0.25) is 11.7 Å². The average molecular weight is 337 g/mol. The van der Waals surface area contributed by atoms with Crippen LogP contribution in [0.25, 0.3) is 11.4 Å². The number of aryl methyl sites for hydroxylation is 1. The van der Waals surface area contributed by atoms with Crippen LogP contribution in [0.15, 0.2) is 48.5 Å². The lowest BCUT2D eigenvalue weighted by atomic mass is 10.0. The van der Waals surface area contributed by atoms with E-state index < -0.39 is 5.97 Å². The monoisotopic (exact) mass is 337 g/mol. The Hall–Kier alpha value is -3.55. The average Bonchev–Trinajstić information content (AvgIpc) is 3.02. The summed E-state index contributed by atoms with van der Waals surface area (Å²) >= 11 is 0. The van der Waals surface area contributed by atoms with Crippen molar-refractivity contribution >= 4 is 17.6 Å². The number of aromatic carboxylic acids is 1. The molecule has 0 saturated heterocycles. The smallest absolute Gasteiger partial charge is 0.335 e. The van der Waals surface area contributed by atoms with Gasteiger partial charge in [0.25, 0.3) is 0 Å². The van der Waals surface area contributed by atoms with E-state index in [4.69, 9.17) is 5.11 Å². The van der Waals surface area contributed by atoms with Gasteiger partial charge in [0.15, 0.2) is 0 Å². The molecule has 0 aliphatic rings. The fourth-order valence-electron chi connectivity index (χ4n) is 2.36. The van der Waals surface area contributed by atoms with Crippen LogP contribution in [0, 0.1) is 0 Å². The lowest BCUT2D eigenvalue weighted by molar-refractivity contribution is -0.115. The summed E-state index contributed by atoms with van der Waals surface area (Å²) in [5, 5.41) is 23.7. The molecule has 1 amide bonds. The first kappa shape index (κ1) is 16.3. The number of aromatic nitrogens is 4. The molecule has 3 aromatic rings. The molecule has 8 heteroatoms. The maximum Gasteiger partial charge on any atom is 0.335 e. The Bertz CT molecular complexity index is 918. The summed E-state index contributed by atoms with van der Waals surface area (Å²) in [6.45, 7) is 0. The fraction of sp³-hybridized carbons (Fsp3) is 0.118. The molecule has 3 rings (SSSR count). The number of carboxylic acid groups (broad SMARTS) is 1. The Morgan fingerprint density at radius 3 is 2.48 bits per heavy atom. The second kappa shape index (κ2) is 6.91. The Labute approximate surface area is 143 Å². The van der Waals surface area contributed by atoms with Crippen molar-refractivity contribution in [3.8, 4) is 11.4 Å². The molecular weight excluding hydrogens is 322 g/mol. The maximum atomic E-state index is 12.2. The van der Waals surface area contributed by atoms with Crippen molar-refractivity contribution in [3.63, 3.8) is 0 Å². The van der Waals surface area contributed by atoms with Gasteiger partial charge < -0.3 is 10.4 Å². The van der Waals surface area contributed by atoms with E-state index in [1.807, 2.05) is 0 Å². The third kappa shape index (κ3) is 3.86. The largest absolute Gasteiger partial charge is 0.478 e. The molecule has 0 radical (unpaired) electrons. The zero-order valence-corrected chi connectivity index (χ0v) is 13.4. The van der Waals surface area contributed by atoms with E-state index in [0.717, 1.165) is 5.56 Å². The molecule has 0 saturated carbocycles. The zero-order valence-electron chi connectivity index (χ0n) is 13.4. The van der Waals surface area contributed by atoms with Crippen molar-refractivity contribution in [3.05, 3.63) is 59.7 Å². The Morgan fingerprint density at radius 2 is 1.84 bits per heavy atom. The van der Waals surface area contributed by atoms with Crippen molar-refractivity contribution in [2.75, 3.05) is 5.32 Å². The van der Waals surface area contributed by atoms with Gasteiger partial charge in [-0.05, 0) is 41.1 Å². The quantitative estimate of drug-likeness (QED) is 0.734. The van der Waals surface area contributed by atoms with Gasteiger partial charge in [-0.25, -0.2) is 4.79 Å². The molecule has 2 aromatic carbocycles. The van der Waals surface area contributed by atoms with Crippen LogP contribution in [0.2, 0.25) is 0 Å². The summed E-state index contributed by atoms with van der Waals surface area (Å²) < 4.78 is 0. The molecule has 1 heterocycles. The molecule has 0 spiro atoms. The minimum atomic E-state index is -1.05. The standard InChI is InChI=1S/C17H15N5O3/c1-22-20-16(19-21-22)11-6-8-13(9-7-11)18-15(23)10-12-4-2-3-5-14(12)17(24)25/h2-9H,10H2,1H3,(H,18,23)(H,24,25). The van der Waals surface area contributed by atoms with E-state index in [0.29, 0.717) is 17.1 Å². The molecule has 2 N–H and O–H groups in total. The molecule has 0 atom stereocenters. The number of amides is 1. The van der Waals surface area contributed by atoms with Crippen LogP contribution in [0.1, 0.15) is 15.9 Å². The highest BCUT2D eigenvalue weighted by atomic mass is 16.4. The molecule has 0 unspecified atom stereocenters.